The molecule has 0 aliphatic carbocycles. The largest absolute Gasteiger partial charge is 0.478 e. The number of nitrogen functional groups attached to an aromatic ring is 1. The number of carbonyl (C=O) groups excluding carboxylic acids is 2. The summed E-state index contributed by atoms with van der Waals surface area (Å²) >= 11 is 8.22. The second-order valence-corrected chi connectivity index (χ2v) is 11.6. The summed E-state index contributed by atoms with van der Waals surface area (Å²) in [6.07, 6.45) is 1.89. The van der Waals surface area contributed by atoms with Crippen LogP contribution < -0.4 is 21.3 Å². The molecule has 1 unspecified atom stereocenters. The van der Waals surface area contributed by atoms with Crippen molar-refractivity contribution in [1.29, 1.82) is 0 Å². The summed E-state index contributed by atoms with van der Waals surface area (Å²) in [4.78, 5) is 76.5. The van der Waals surface area contributed by atoms with E-state index in [4.69, 9.17) is 27.3 Å². The Kier molecular flexibility index (Phi) is 7.45. The van der Waals surface area contributed by atoms with E-state index in [1.807, 2.05) is 0 Å². The van der Waals surface area contributed by atoms with Crippen LogP contribution in [0.4, 0.5) is 5.13 Å². The van der Waals surface area contributed by atoms with E-state index in [-0.39, 0.29) is 38.8 Å². The summed E-state index contributed by atoms with van der Waals surface area (Å²) in [6, 6.07) is 0.532. The van der Waals surface area contributed by atoms with E-state index in [1.165, 1.54) is 18.7 Å². The maximum atomic E-state index is 13.2. The van der Waals surface area contributed by atoms with Crippen molar-refractivity contribution in [1.82, 2.24) is 25.2 Å². The predicted octanol–water partition coefficient (Wildman–Crippen LogP) is -0.532. The van der Waals surface area contributed by atoms with Crippen molar-refractivity contribution in [2.75, 3.05) is 11.5 Å². The zero-order valence-electron chi connectivity index (χ0n) is 20.8. The summed E-state index contributed by atoms with van der Waals surface area (Å²) in [5.74, 6) is -4.06. The Bertz CT molecular complexity index is 1730. The molecule has 214 valence electrons. The van der Waals surface area contributed by atoms with Crippen LogP contribution in [0.15, 0.2) is 39.7 Å². The van der Waals surface area contributed by atoms with E-state index >= 15 is 0 Å². The van der Waals surface area contributed by atoms with Crippen molar-refractivity contribution in [3.8, 4) is 0 Å². The number of aliphatic carboxylic acids is 2. The Labute approximate surface area is 241 Å². The van der Waals surface area contributed by atoms with Gasteiger partial charge < -0.3 is 36.1 Å². The number of nitrogens with zero attached hydrogens (tertiary/aromatic N) is 4. The van der Waals surface area contributed by atoms with Gasteiger partial charge in [-0.3, -0.25) is 14.5 Å². The van der Waals surface area contributed by atoms with Gasteiger partial charge in [-0.1, -0.05) is 28.1 Å². The standard InChI is InChI=1S/C22H19ClN8O8S2/c1-7(19(34)35)39-29-12(11-15(23)41-21(24)28-11)16(32)27-13-17(33)31-14(20(36)37)8(6-40-18(13)31)4-30-3-2-9-10(5-30)26-22(38)25-9/h2-3,5,7,13,18H,4,6H2,1H3,(H6,24,26,27,28,32,34,35,36,37,38)/p+1/b29-12-/t7-,13?,18+/m0/s1. The molecule has 2 amide bonds. The third-order valence-electron chi connectivity index (χ3n) is 6.12. The third kappa shape index (κ3) is 5.35. The minimum absolute atomic E-state index is 0.00849. The molecule has 0 saturated carbocycles. The number of nitrogens with two attached hydrogens (primary N) is 1. The topological polar surface area (TPSA) is 237 Å². The monoisotopic (exact) mass is 623 g/mol. The van der Waals surface area contributed by atoms with E-state index < -0.39 is 47.0 Å². The molecule has 5 rings (SSSR count). The van der Waals surface area contributed by atoms with Crippen LogP contribution in [0.1, 0.15) is 12.6 Å². The van der Waals surface area contributed by atoms with E-state index in [1.54, 1.807) is 23.0 Å². The first kappa shape index (κ1) is 28.1. The lowest BCUT2D eigenvalue weighted by molar-refractivity contribution is -0.687. The minimum Gasteiger partial charge on any atom is -0.478 e. The fourth-order valence-electron chi connectivity index (χ4n) is 4.19. The molecular weight excluding hydrogens is 604 g/mol. The zero-order valence-corrected chi connectivity index (χ0v) is 23.2. The van der Waals surface area contributed by atoms with E-state index in [2.05, 4.69) is 25.4 Å². The molecule has 16 nitrogen and oxygen atoms in total. The lowest BCUT2D eigenvalue weighted by atomic mass is 10.0. The first-order valence-electron chi connectivity index (χ1n) is 11.6. The predicted molar refractivity (Wildman–Crippen MR) is 145 cm³/mol. The maximum absolute atomic E-state index is 13.2. The molecule has 3 aromatic heterocycles. The fourth-order valence-corrected chi connectivity index (χ4v) is 6.45. The number of oxime groups is 1. The highest BCUT2D eigenvalue weighted by atomic mass is 35.5. The minimum atomic E-state index is -1.42. The molecule has 41 heavy (non-hydrogen) atoms. The normalized spacial score (nSPS) is 19.5. The van der Waals surface area contributed by atoms with Gasteiger partial charge in [-0.15, -0.1) is 11.8 Å². The van der Waals surface area contributed by atoms with Crippen LogP contribution in [0, 0.1) is 0 Å². The third-order valence-corrected chi connectivity index (χ3v) is 8.54. The number of rotatable bonds is 9. The number of halogens is 1. The summed E-state index contributed by atoms with van der Waals surface area (Å²) in [7, 11) is 0. The Morgan fingerprint density at radius 1 is 1.34 bits per heavy atom. The number of aromatic nitrogens is 4. The summed E-state index contributed by atoms with van der Waals surface area (Å²) in [6.45, 7) is 1.32. The second-order valence-electron chi connectivity index (χ2n) is 8.84. The average Bonchev–Trinajstić information content (AvgIpc) is 3.45. The Morgan fingerprint density at radius 2 is 2.07 bits per heavy atom. The molecule has 7 N–H and O–H groups in total. The number of imidazole rings is 1. The van der Waals surface area contributed by atoms with Crippen molar-refractivity contribution in [2.45, 2.75) is 31.0 Å². The highest BCUT2D eigenvalue weighted by Crippen LogP contribution is 2.40. The average molecular weight is 624 g/mol. The number of thioether (sulfide) groups is 1. The van der Waals surface area contributed by atoms with Gasteiger partial charge in [0.2, 0.25) is 6.10 Å². The highest BCUT2D eigenvalue weighted by Gasteiger charge is 2.55. The number of carboxylic acids is 2. The molecule has 0 aromatic carbocycles. The molecule has 1 saturated heterocycles. The molecule has 0 spiro atoms. The molecule has 5 heterocycles. The fraction of sp³-hybridized carbons (Fsp3) is 0.273. The van der Waals surface area contributed by atoms with Crippen molar-refractivity contribution in [3.05, 3.63) is 50.2 Å². The van der Waals surface area contributed by atoms with Gasteiger partial charge in [-0.05, 0) is 6.92 Å². The number of amides is 2. The number of pyridine rings is 1. The Hall–Kier alpha value is -4.42. The number of hydrogen-bond donors (Lipinski definition) is 6. The summed E-state index contributed by atoms with van der Waals surface area (Å²) in [5, 5.41) is 24.4. The smallest absolute Gasteiger partial charge is 0.352 e. The van der Waals surface area contributed by atoms with Crippen molar-refractivity contribution in [2.24, 2.45) is 5.16 Å². The highest BCUT2D eigenvalue weighted by molar-refractivity contribution is 8.00. The number of fused-ring (bicyclic) bond motifs is 2. The number of anilines is 1. The number of thiazole rings is 1. The molecule has 3 atom stereocenters. The van der Waals surface area contributed by atoms with Gasteiger partial charge in [0.15, 0.2) is 29.8 Å². The number of carbonyl (C=O) groups is 4. The molecule has 19 heteroatoms. The first-order valence-corrected chi connectivity index (χ1v) is 13.9. The van der Waals surface area contributed by atoms with E-state index in [0.29, 0.717) is 16.6 Å². The van der Waals surface area contributed by atoms with Gasteiger partial charge in [0.1, 0.15) is 32.7 Å². The van der Waals surface area contributed by atoms with Crippen LogP contribution in [0.3, 0.4) is 0 Å². The molecule has 0 bridgehead atoms. The van der Waals surface area contributed by atoms with Gasteiger partial charge in [0.25, 0.3) is 11.8 Å². The van der Waals surface area contributed by atoms with E-state index in [0.717, 1.165) is 16.2 Å². The van der Waals surface area contributed by atoms with Crippen molar-refractivity contribution < 1.29 is 38.8 Å². The Balaban J connectivity index is 1.37. The zero-order chi connectivity index (χ0) is 29.6. The SMILES string of the molecule is C[C@H](O/N=C(\C(=O)NC1C(=O)N2C(C(=O)O)=C(C[n+]3ccc4[nH]c(=O)[nH]c4c3)CS[C@H]12)c1nc(N)sc1Cl)C(=O)O. The number of nitrogens with one attached hydrogen (secondary N) is 3. The number of β-lactam (4-membered cyclic amide) rings is 1. The Morgan fingerprint density at radius 3 is 2.73 bits per heavy atom. The second kappa shape index (κ2) is 10.9. The molecule has 2 aliphatic heterocycles. The molecule has 0 radical (unpaired) electrons. The molecular formula is C22H20ClN8O8S2+. The maximum Gasteiger partial charge on any atom is 0.352 e. The lowest BCUT2D eigenvalue weighted by Gasteiger charge is -2.49. The van der Waals surface area contributed by atoms with Gasteiger partial charge in [-0.2, -0.15) is 4.57 Å². The van der Waals surface area contributed by atoms with Gasteiger partial charge in [0, 0.05) is 17.4 Å². The van der Waals surface area contributed by atoms with E-state index in [9.17, 15) is 29.1 Å². The van der Waals surface area contributed by atoms with Crippen LogP contribution in [-0.2, 0) is 30.6 Å². The van der Waals surface area contributed by atoms with Crippen molar-refractivity contribution >= 4 is 80.3 Å². The number of H-pyrrole nitrogens is 2. The number of carboxylic acid groups (broad SMARTS) is 2. The van der Waals surface area contributed by atoms with Crippen LogP contribution in [0.25, 0.3) is 11.0 Å². The van der Waals surface area contributed by atoms with Crippen LogP contribution in [0.2, 0.25) is 4.34 Å². The van der Waals surface area contributed by atoms with Gasteiger partial charge in [0.05, 0.1) is 5.52 Å². The summed E-state index contributed by atoms with van der Waals surface area (Å²) in [5.41, 5.74) is 5.96. The van der Waals surface area contributed by atoms with Crippen LogP contribution in [-0.4, -0.2) is 82.8 Å². The van der Waals surface area contributed by atoms with Crippen LogP contribution in [0.5, 0.6) is 0 Å². The molecule has 3 aromatic rings. The first-order chi connectivity index (χ1) is 19.4. The summed E-state index contributed by atoms with van der Waals surface area (Å²) < 4.78 is 1.66. The van der Waals surface area contributed by atoms with Gasteiger partial charge >= 0.3 is 17.6 Å². The quantitative estimate of drug-likeness (QED) is 0.0766. The number of hydrogen-bond acceptors (Lipinski definition) is 11. The van der Waals surface area contributed by atoms with Gasteiger partial charge in [-0.25, -0.2) is 19.4 Å². The molecule has 2 aliphatic rings. The van der Waals surface area contributed by atoms with Crippen molar-refractivity contribution in [3.63, 3.8) is 0 Å². The molecule has 1 fully saturated rings. The van der Waals surface area contributed by atoms with Crippen LogP contribution >= 0.6 is 34.7 Å². The number of aromatic amines is 2. The lowest BCUT2D eigenvalue weighted by Crippen LogP contribution is -2.71.